The maximum absolute atomic E-state index is 10.7. The van der Waals surface area contributed by atoms with Gasteiger partial charge in [-0.2, -0.15) is 0 Å². The Balaban J connectivity index is 1.75. The number of rotatable bonds is 3. The van der Waals surface area contributed by atoms with Crippen molar-refractivity contribution in [2.24, 2.45) is 5.73 Å². The SMILES string of the molecule is NC1c2ccccc2OCC1Sc1ccc([N+](=O)[O-])cc1. The van der Waals surface area contributed by atoms with Crippen molar-refractivity contribution in [3.05, 3.63) is 64.2 Å². The van der Waals surface area contributed by atoms with Gasteiger partial charge in [0.2, 0.25) is 0 Å². The monoisotopic (exact) mass is 302 g/mol. The van der Waals surface area contributed by atoms with Gasteiger partial charge in [-0.1, -0.05) is 18.2 Å². The third-order valence-electron chi connectivity index (χ3n) is 3.42. The molecular weight excluding hydrogens is 288 g/mol. The van der Waals surface area contributed by atoms with Gasteiger partial charge in [-0.05, 0) is 18.2 Å². The Hall–Kier alpha value is -2.05. The summed E-state index contributed by atoms with van der Waals surface area (Å²) in [4.78, 5) is 11.2. The Kier molecular flexibility index (Phi) is 3.81. The fourth-order valence-corrected chi connectivity index (χ4v) is 3.36. The van der Waals surface area contributed by atoms with Gasteiger partial charge in [0, 0.05) is 28.6 Å². The summed E-state index contributed by atoms with van der Waals surface area (Å²) in [6, 6.07) is 14.2. The fourth-order valence-electron chi connectivity index (χ4n) is 2.29. The lowest BCUT2D eigenvalue weighted by Gasteiger charge is -2.30. The van der Waals surface area contributed by atoms with E-state index in [1.165, 1.54) is 12.1 Å². The van der Waals surface area contributed by atoms with Crippen LogP contribution in [0.15, 0.2) is 53.4 Å². The van der Waals surface area contributed by atoms with Crippen LogP contribution in [-0.2, 0) is 0 Å². The molecular formula is C15H14N2O3S. The van der Waals surface area contributed by atoms with Crippen LogP contribution in [-0.4, -0.2) is 16.8 Å². The van der Waals surface area contributed by atoms with E-state index in [-0.39, 0.29) is 17.0 Å². The van der Waals surface area contributed by atoms with Crippen LogP contribution in [0.4, 0.5) is 5.69 Å². The standard InChI is InChI=1S/C15H14N2O3S/c16-15-12-3-1-2-4-13(12)20-9-14(15)21-11-7-5-10(6-8-11)17(18)19/h1-8,14-15H,9,16H2. The number of nitro benzene ring substituents is 1. The molecule has 0 saturated carbocycles. The predicted molar refractivity (Wildman–Crippen MR) is 81.6 cm³/mol. The highest BCUT2D eigenvalue weighted by Crippen LogP contribution is 2.38. The zero-order valence-corrected chi connectivity index (χ0v) is 12.0. The molecule has 2 unspecified atom stereocenters. The molecule has 21 heavy (non-hydrogen) atoms. The zero-order valence-electron chi connectivity index (χ0n) is 11.1. The van der Waals surface area contributed by atoms with E-state index >= 15 is 0 Å². The van der Waals surface area contributed by atoms with Crippen LogP contribution < -0.4 is 10.5 Å². The Labute approximate surface area is 126 Å². The van der Waals surface area contributed by atoms with E-state index in [4.69, 9.17) is 10.5 Å². The van der Waals surface area contributed by atoms with Crippen LogP contribution in [0.3, 0.4) is 0 Å². The van der Waals surface area contributed by atoms with Crippen molar-refractivity contribution in [1.29, 1.82) is 0 Å². The van der Waals surface area contributed by atoms with E-state index < -0.39 is 4.92 Å². The van der Waals surface area contributed by atoms with Gasteiger partial charge >= 0.3 is 0 Å². The van der Waals surface area contributed by atoms with Crippen LogP contribution in [0.2, 0.25) is 0 Å². The normalized spacial score (nSPS) is 20.4. The molecule has 3 rings (SSSR count). The predicted octanol–water partition coefficient (Wildman–Crippen LogP) is 3.15. The Morgan fingerprint density at radius 3 is 2.62 bits per heavy atom. The number of hydrogen-bond donors (Lipinski definition) is 1. The molecule has 0 radical (unpaired) electrons. The first kappa shape index (κ1) is 13.9. The number of para-hydroxylation sites is 1. The van der Waals surface area contributed by atoms with Gasteiger partial charge in [-0.3, -0.25) is 10.1 Å². The molecule has 1 aliphatic heterocycles. The molecule has 2 aromatic rings. The lowest BCUT2D eigenvalue weighted by Crippen LogP contribution is -2.33. The van der Waals surface area contributed by atoms with Crippen LogP contribution in [0.5, 0.6) is 5.75 Å². The topological polar surface area (TPSA) is 78.4 Å². The van der Waals surface area contributed by atoms with Crippen molar-refractivity contribution in [2.45, 2.75) is 16.2 Å². The van der Waals surface area contributed by atoms with E-state index in [0.717, 1.165) is 16.2 Å². The van der Waals surface area contributed by atoms with Crippen molar-refractivity contribution in [3.63, 3.8) is 0 Å². The molecule has 0 aromatic heterocycles. The minimum atomic E-state index is -0.403. The number of nitrogens with zero attached hydrogens (tertiary/aromatic N) is 1. The summed E-state index contributed by atoms with van der Waals surface area (Å²) in [7, 11) is 0. The summed E-state index contributed by atoms with van der Waals surface area (Å²) in [6.45, 7) is 0.528. The maximum atomic E-state index is 10.7. The molecule has 1 heterocycles. The maximum Gasteiger partial charge on any atom is 0.269 e. The largest absolute Gasteiger partial charge is 0.492 e. The number of nitro groups is 1. The molecule has 0 saturated heterocycles. The second-order valence-corrected chi connectivity index (χ2v) is 6.09. The van der Waals surface area contributed by atoms with Gasteiger partial charge in [0.15, 0.2) is 0 Å². The number of fused-ring (bicyclic) bond motifs is 1. The third kappa shape index (κ3) is 2.86. The summed E-state index contributed by atoms with van der Waals surface area (Å²) < 4.78 is 5.73. The summed E-state index contributed by atoms with van der Waals surface area (Å²) in [6.07, 6.45) is 0. The highest BCUT2D eigenvalue weighted by atomic mass is 32.2. The summed E-state index contributed by atoms with van der Waals surface area (Å²) in [5, 5.41) is 10.7. The van der Waals surface area contributed by atoms with Gasteiger partial charge in [0.1, 0.15) is 12.4 Å². The molecule has 0 aliphatic carbocycles. The van der Waals surface area contributed by atoms with E-state index in [1.54, 1.807) is 23.9 Å². The first-order chi connectivity index (χ1) is 10.1. The molecule has 5 nitrogen and oxygen atoms in total. The van der Waals surface area contributed by atoms with Crippen molar-refractivity contribution >= 4 is 17.4 Å². The first-order valence-electron chi connectivity index (χ1n) is 6.53. The number of nitrogens with two attached hydrogens (primary N) is 1. The number of hydrogen-bond acceptors (Lipinski definition) is 5. The molecule has 6 heteroatoms. The molecule has 2 atom stereocenters. The molecule has 0 fully saturated rings. The molecule has 0 amide bonds. The average Bonchev–Trinajstić information content (AvgIpc) is 2.51. The third-order valence-corrected chi connectivity index (χ3v) is 4.69. The summed E-state index contributed by atoms with van der Waals surface area (Å²) in [5.74, 6) is 0.838. The van der Waals surface area contributed by atoms with E-state index in [1.807, 2.05) is 24.3 Å². The summed E-state index contributed by atoms with van der Waals surface area (Å²) in [5.41, 5.74) is 7.40. The minimum Gasteiger partial charge on any atom is -0.492 e. The van der Waals surface area contributed by atoms with Crippen molar-refractivity contribution < 1.29 is 9.66 Å². The zero-order chi connectivity index (χ0) is 14.8. The Morgan fingerprint density at radius 2 is 1.90 bits per heavy atom. The van der Waals surface area contributed by atoms with Crippen LogP contribution >= 0.6 is 11.8 Å². The van der Waals surface area contributed by atoms with Crippen LogP contribution in [0.25, 0.3) is 0 Å². The second-order valence-electron chi connectivity index (χ2n) is 4.78. The number of thioether (sulfide) groups is 1. The number of benzene rings is 2. The quantitative estimate of drug-likeness (QED) is 0.696. The van der Waals surface area contributed by atoms with E-state index in [2.05, 4.69) is 0 Å². The fraction of sp³-hybridized carbons (Fsp3) is 0.200. The molecule has 0 spiro atoms. The Bertz CT molecular complexity index is 660. The van der Waals surface area contributed by atoms with Crippen molar-refractivity contribution in [1.82, 2.24) is 0 Å². The van der Waals surface area contributed by atoms with Gasteiger partial charge in [-0.25, -0.2) is 0 Å². The van der Waals surface area contributed by atoms with E-state index in [9.17, 15) is 10.1 Å². The first-order valence-corrected chi connectivity index (χ1v) is 7.41. The highest BCUT2D eigenvalue weighted by molar-refractivity contribution is 8.00. The van der Waals surface area contributed by atoms with Gasteiger partial charge in [0.05, 0.1) is 10.2 Å². The molecule has 108 valence electrons. The average molecular weight is 302 g/mol. The molecule has 2 N–H and O–H groups in total. The van der Waals surface area contributed by atoms with Crippen LogP contribution in [0.1, 0.15) is 11.6 Å². The lowest BCUT2D eigenvalue weighted by molar-refractivity contribution is -0.384. The smallest absolute Gasteiger partial charge is 0.269 e. The van der Waals surface area contributed by atoms with Crippen LogP contribution in [0, 0.1) is 10.1 Å². The van der Waals surface area contributed by atoms with Gasteiger partial charge in [-0.15, -0.1) is 11.8 Å². The van der Waals surface area contributed by atoms with E-state index in [0.29, 0.717) is 6.61 Å². The van der Waals surface area contributed by atoms with Gasteiger partial charge < -0.3 is 10.5 Å². The second kappa shape index (κ2) is 5.75. The molecule has 1 aliphatic rings. The van der Waals surface area contributed by atoms with Crippen molar-refractivity contribution in [3.8, 4) is 5.75 Å². The minimum absolute atomic E-state index is 0.0846. The lowest BCUT2D eigenvalue weighted by atomic mass is 10.0. The molecule has 2 aromatic carbocycles. The number of non-ortho nitro benzene ring substituents is 1. The Morgan fingerprint density at radius 1 is 1.19 bits per heavy atom. The summed E-state index contributed by atoms with van der Waals surface area (Å²) >= 11 is 1.58. The number of ether oxygens (including phenoxy) is 1. The highest BCUT2D eigenvalue weighted by Gasteiger charge is 2.28. The van der Waals surface area contributed by atoms with Crippen molar-refractivity contribution in [2.75, 3.05) is 6.61 Å². The molecule has 0 bridgehead atoms. The van der Waals surface area contributed by atoms with Gasteiger partial charge in [0.25, 0.3) is 5.69 Å².